The maximum Gasteiger partial charge on any atom is 0.407 e. The average molecular weight is 445 g/mol. The topological polar surface area (TPSA) is 69.6 Å². The third-order valence-electron chi connectivity index (χ3n) is 4.91. The van der Waals surface area contributed by atoms with Crippen LogP contribution in [0.5, 0.6) is 0 Å². The number of nitrogens with zero attached hydrogens (tertiary/aromatic N) is 1. The van der Waals surface area contributed by atoms with Crippen molar-refractivity contribution in [2.45, 2.75) is 70.9 Å². The molecule has 7 heteroatoms. The van der Waals surface area contributed by atoms with Crippen LogP contribution in [-0.2, 0) is 0 Å². The predicted molar refractivity (Wildman–Crippen MR) is 109 cm³/mol. The maximum atomic E-state index is 12.6. The molecule has 0 spiro atoms. The first-order valence-electron chi connectivity index (χ1n) is 9.22. The Morgan fingerprint density at radius 3 is 2.50 bits per heavy atom. The summed E-state index contributed by atoms with van der Waals surface area (Å²) in [5.41, 5.74) is -0.507. The fourth-order valence-electron chi connectivity index (χ4n) is 3.55. The zero-order chi connectivity index (χ0) is 19.3. The van der Waals surface area contributed by atoms with Crippen molar-refractivity contribution in [1.82, 2.24) is 10.2 Å². The second kappa shape index (κ2) is 9.22. The Morgan fingerprint density at radius 1 is 1.35 bits per heavy atom. The van der Waals surface area contributed by atoms with E-state index in [2.05, 4.69) is 21.2 Å². The van der Waals surface area contributed by atoms with Crippen LogP contribution in [0.3, 0.4) is 0 Å². The van der Waals surface area contributed by atoms with E-state index in [0.717, 1.165) is 10.9 Å². The molecule has 0 aromatic carbocycles. The number of thiophene rings is 1. The molecule has 1 heterocycles. The molecule has 2 N–H and O–H groups in total. The van der Waals surface area contributed by atoms with Gasteiger partial charge in [0, 0.05) is 28.0 Å². The van der Waals surface area contributed by atoms with Gasteiger partial charge in [-0.05, 0) is 55.1 Å². The Hall–Kier alpha value is -1.08. The van der Waals surface area contributed by atoms with Crippen LogP contribution in [0.2, 0.25) is 0 Å². The lowest BCUT2D eigenvalue weighted by molar-refractivity contribution is 0.0793. The quantitative estimate of drug-likeness (QED) is 0.620. The van der Waals surface area contributed by atoms with E-state index in [1.54, 1.807) is 6.07 Å². The third-order valence-corrected chi connectivity index (χ3v) is 6.60. The van der Waals surface area contributed by atoms with Crippen molar-refractivity contribution in [3.63, 3.8) is 0 Å². The van der Waals surface area contributed by atoms with E-state index >= 15 is 0 Å². The van der Waals surface area contributed by atoms with Crippen LogP contribution in [-0.4, -0.2) is 40.1 Å². The molecule has 146 valence electrons. The third kappa shape index (κ3) is 6.27. The Balaban J connectivity index is 2.11. The number of hydrogen-bond acceptors (Lipinski definition) is 3. The average Bonchev–Trinajstić information content (AvgIpc) is 2.98. The highest BCUT2D eigenvalue weighted by molar-refractivity contribution is 9.10. The van der Waals surface area contributed by atoms with Crippen LogP contribution in [0, 0.1) is 5.92 Å². The molecule has 0 radical (unpaired) electrons. The van der Waals surface area contributed by atoms with Gasteiger partial charge in [-0.2, -0.15) is 0 Å². The zero-order valence-electron chi connectivity index (χ0n) is 15.8. The largest absolute Gasteiger partial charge is 0.465 e. The molecule has 1 aliphatic rings. The molecule has 0 bridgehead atoms. The molecule has 2 amide bonds. The van der Waals surface area contributed by atoms with Crippen molar-refractivity contribution in [3.05, 3.63) is 20.8 Å². The lowest BCUT2D eigenvalue weighted by Crippen LogP contribution is -2.52. The smallest absolute Gasteiger partial charge is 0.407 e. The minimum Gasteiger partial charge on any atom is -0.465 e. The summed E-state index contributed by atoms with van der Waals surface area (Å²) in [6.45, 7) is 5.97. The summed E-state index contributed by atoms with van der Waals surface area (Å²) < 4.78 is 0.887. The fourth-order valence-corrected chi connectivity index (χ4v) is 4.88. The number of rotatable bonds is 6. The first-order valence-corrected chi connectivity index (χ1v) is 10.9. The highest BCUT2D eigenvalue weighted by Gasteiger charge is 2.31. The molecule has 0 aliphatic heterocycles. The molecule has 0 unspecified atom stereocenters. The second-order valence-electron chi connectivity index (χ2n) is 8.10. The minimum absolute atomic E-state index is 0.124. The highest BCUT2D eigenvalue weighted by atomic mass is 79.9. The zero-order valence-corrected chi connectivity index (χ0v) is 18.2. The molecule has 1 atom stereocenters. The number of carbonyl (C=O) groups excluding carboxylic acids is 1. The van der Waals surface area contributed by atoms with E-state index in [9.17, 15) is 14.7 Å². The van der Waals surface area contributed by atoms with Crippen molar-refractivity contribution in [2.75, 3.05) is 6.54 Å². The fraction of sp³-hybridized carbons (Fsp3) is 0.684. The van der Waals surface area contributed by atoms with E-state index in [-0.39, 0.29) is 11.9 Å². The van der Waals surface area contributed by atoms with Crippen molar-refractivity contribution in [3.8, 4) is 0 Å². The number of hydrogen-bond donors (Lipinski definition) is 2. The van der Waals surface area contributed by atoms with Crippen LogP contribution < -0.4 is 5.32 Å². The van der Waals surface area contributed by atoms with Gasteiger partial charge in [0.15, 0.2) is 0 Å². The minimum atomic E-state index is -0.945. The molecular weight excluding hydrogens is 416 g/mol. The summed E-state index contributed by atoms with van der Waals surface area (Å²) in [4.78, 5) is 26.4. The number of amides is 2. The van der Waals surface area contributed by atoms with Gasteiger partial charge in [-0.25, -0.2) is 4.79 Å². The Kier molecular flexibility index (Phi) is 7.52. The summed E-state index contributed by atoms with van der Waals surface area (Å²) in [6, 6.07) is 1.62. The Morgan fingerprint density at radius 2 is 2.00 bits per heavy atom. The van der Waals surface area contributed by atoms with Crippen LogP contribution in [0.4, 0.5) is 4.79 Å². The van der Waals surface area contributed by atoms with Gasteiger partial charge in [0.2, 0.25) is 0 Å². The van der Waals surface area contributed by atoms with Gasteiger partial charge in [0.1, 0.15) is 0 Å². The summed E-state index contributed by atoms with van der Waals surface area (Å²) in [5.74, 6) is 0.431. The maximum absolute atomic E-state index is 12.6. The molecule has 1 fully saturated rings. The number of halogens is 1. The Labute approximate surface area is 168 Å². The first kappa shape index (κ1) is 21.2. The van der Waals surface area contributed by atoms with E-state index in [1.165, 1.54) is 48.3 Å². The lowest BCUT2D eigenvalue weighted by Gasteiger charge is -2.37. The predicted octanol–water partition coefficient (Wildman–Crippen LogP) is 5.36. The summed E-state index contributed by atoms with van der Waals surface area (Å²) >= 11 is 4.76. The van der Waals surface area contributed by atoms with Crippen LogP contribution in [0.25, 0.3) is 0 Å². The Bertz CT molecular complexity index is 621. The molecule has 2 rings (SSSR count). The molecule has 1 aromatic rings. The second-order valence-corrected chi connectivity index (χ2v) is 9.93. The van der Waals surface area contributed by atoms with E-state index in [4.69, 9.17) is 0 Å². The van der Waals surface area contributed by atoms with E-state index in [0.29, 0.717) is 17.3 Å². The molecular formula is C19H29BrN2O3S. The van der Waals surface area contributed by atoms with Crippen LogP contribution in [0.15, 0.2) is 15.9 Å². The van der Waals surface area contributed by atoms with Crippen molar-refractivity contribution < 1.29 is 14.7 Å². The summed E-state index contributed by atoms with van der Waals surface area (Å²) in [5, 5.41) is 14.6. The van der Waals surface area contributed by atoms with Crippen LogP contribution >= 0.6 is 27.3 Å². The van der Waals surface area contributed by atoms with Crippen molar-refractivity contribution in [1.29, 1.82) is 0 Å². The van der Waals surface area contributed by atoms with Gasteiger partial charge in [-0.15, -0.1) is 11.3 Å². The normalized spacial score (nSPS) is 16.9. The number of nitrogens with one attached hydrogen (secondary N) is 1. The van der Waals surface area contributed by atoms with Crippen molar-refractivity contribution in [2.24, 2.45) is 5.92 Å². The molecule has 1 aliphatic carbocycles. The summed E-state index contributed by atoms with van der Waals surface area (Å²) in [6.07, 6.45) is 5.95. The van der Waals surface area contributed by atoms with Gasteiger partial charge < -0.3 is 15.3 Å². The standard InChI is InChI=1S/C19H29BrN2O3S/c1-19(2,3)22(18(24)25)11-15(9-13-7-5-4-6-8-13)21-17(23)16-10-14(20)12-26-16/h10,12-13,15H,4-9,11H2,1-3H3,(H,21,23)(H,24,25)/t15-/m1/s1. The van der Waals surface area contributed by atoms with E-state index < -0.39 is 11.6 Å². The van der Waals surface area contributed by atoms with Gasteiger partial charge in [-0.1, -0.05) is 32.1 Å². The lowest BCUT2D eigenvalue weighted by atomic mass is 9.84. The van der Waals surface area contributed by atoms with E-state index in [1.807, 2.05) is 26.2 Å². The highest BCUT2D eigenvalue weighted by Crippen LogP contribution is 2.28. The van der Waals surface area contributed by atoms with Gasteiger partial charge in [0.25, 0.3) is 5.91 Å². The molecule has 0 saturated heterocycles. The van der Waals surface area contributed by atoms with Gasteiger partial charge >= 0.3 is 6.09 Å². The number of carbonyl (C=O) groups is 2. The number of carboxylic acid groups (broad SMARTS) is 1. The molecule has 26 heavy (non-hydrogen) atoms. The SMILES string of the molecule is CC(C)(C)N(C[C@@H](CC1CCCCC1)NC(=O)c1cc(Br)cs1)C(=O)O. The van der Waals surface area contributed by atoms with Gasteiger partial charge in [0.05, 0.1) is 4.88 Å². The monoisotopic (exact) mass is 444 g/mol. The molecule has 1 saturated carbocycles. The van der Waals surface area contributed by atoms with Crippen molar-refractivity contribution >= 4 is 39.3 Å². The molecule has 5 nitrogen and oxygen atoms in total. The van der Waals surface area contributed by atoms with Crippen LogP contribution in [0.1, 0.15) is 69.0 Å². The van der Waals surface area contributed by atoms with Gasteiger partial charge in [-0.3, -0.25) is 4.79 Å². The first-order chi connectivity index (χ1) is 12.2. The summed E-state index contributed by atoms with van der Waals surface area (Å²) in [7, 11) is 0. The molecule has 1 aromatic heterocycles.